The number of carbonyl (C=O) groups is 2. The summed E-state index contributed by atoms with van der Waals surface area (Å²) in [6.45, 7) is 3.07. The fourth-order valence-corrected chi connectivity index (χ4v) is 2.25. The summed E-state index contributed by atoms with van der Waals surface area (Å²) in [5.41, 5.74) is 0. The molecular formula is C14H26N2O2. The van der Waals surface area contributed by atoms with Crippen molar-refractivity contribution in [3.8, 4) is 0 Å². The van der Waals surface area contributed by atoms with E-state index in [0.29, 0.717) is 6.42 Å². The number of amides is 2. The highest BCUT2D eigenvalue weighted by Gasteiger charge is 2.29. The molecule has 4 heteroatoms. The van der Waals surface area contributed by atoms with Crippen molar-refractivity contribution in [3.63, 3.8) is 0 Å². The van der Waals surface area contributed by atoms with Crippen molar-refractivity contribution in [1.82, 2.24) is 10.6 Å². The van der Waals surface area contributed by atoms with Gasteiger partial charge in [0.25, 0.3) is 0 Å². The van der Waals surface area contributed by atoms with Crippen molar-refractivity contribution in [3.05, 3.63) is 0 Å². The van der Waals surface area contributed by atoms with Crippen LogP contribution in [0.25, 0.3) is 0 Å². The molecule has 0 saturated carbocycles. The van der Waals surface area contributed by atoms with Gasteiger partial charge in [-0.3, -0.25) is 14.9 Å². The Balaban J connectivity index is 1.87. The zero-order valence-electron chi connectivity index (χ0n) is 11.5. The van der Waals surface area contributed by atoms with E-state index in [9.17, 15) is 9.59 Å². The minimum Gasteiger partial charge on any atom is -0.305 e. The fraction of sp³-hybridized carbons (Fsp3) is 0.857. The molecule has 0 bridgehead atoms. The van der Waals surface area contributed by atoms with Gasteiger partial charge in [0.05, 0.1) is 12.5 Å². The first-order valence-electron chi connectivity index (χ1n) is 7.31. The van der Waals surface area contributed by atoms with Crippen LogP contribution in [-0.4, -0.2) is 24.4 Å². The van der Waals surface area contributed by atoms with Crippen molar-refractivity contribution in [2.24, 2.45) is 0 Å². The van der Waals surface area contributed by atoms with Crippen LogP contribution in [0, 0.1) is 0 Å². The Morgan fingerprint density at radius 3 is 2.22 bits per heavy atom. The third kappa shape index (κ3) is 6.15. The van der Waals surface area contributed by atoms with E-state index in [0.717, 1.165) is 13.0 Å². The average molecular weight is 254 g/mol. The zero-order valence-corrected chi connectivity index (χ0v) is 11.5. The molecule has 0 aliphatic carbocycles. The number of imide groups is 1. The minimum atomic E-state index is -0.290. The normalized spacial score (nSPS) is 19.3. The number of unbranched alkanes of at least 4 members (excludes halogenated alkanes) is 7. The lowest BCUT2D eigenvalue weighted by Gasteiger charge is -2.08. The van der Waals surface area contributed by atoms with Crippen molar-refractivity contribution in [2.75, 3.05) is 6.54 Å². The van der Waals surface area contributed by atoms with Gasteiger partial charge < -0.3 is 5.32 Å². The van der Waals surface area contributed by atoms with Crippen molar-refractivity contribution in [2.45, 2.75) is 70.8 Å². The van der Waals surface area contributed by atoms with E-state index in [1.165, 1.54) is 44.9 Å². The topological polar surface area (TPSA) is 58.2 Å². The first-order valence-corrected chi connectivity index (χ1v) is 7.31. The second kappa shape index (κ2) is 9.09. The molecule has 1 atom stereocenters. The molecule has 1 heterocycles. The Labute approximate surface area is 110 Å². The molecule has 0 aromatic heterocycles. The highest BCUT2D eigenvalue weighted by Crippen LogP contribution is 2.08. The highest BCUT2D eigenvalue weighted by atomic mass is 16.2. The predicted octanol–water partition coefficient (Wildman–Crippen LogP) is 2.13. The molecule has 1 rings (SSSR count). The van der Waals surface area contributed by atoms with Gasteiger partial charge in [-0.05, 0) is 13.0 Å². The molecule has 18 heavy (non-hydrogen) atoms. The van der Waals surface area contributed by atoms with Crippen LogP contribution >= 0.6 is 0 Å². The lowest BCUT2D eigenvalue weighted by molar-refractivity contribution is -0.125. The maximum atomic E-state index is 11.3. The lowest BCUT2D eigenvalue weighted by Crippen LogP contribution is -2.36. The van der Waals surface area contributed by atoms with Gasteiger partial charge >= 0.3 is 0 Å². The predicted molar refractivity (Wildman–Crippen MR) is 72.2 cm³/mol. The van der Waals surface area contributed by atoms with Gasteiger partial charge in [0, 0.05) is 0 Å². The number of carbonyl (C=O) groups excluding carboxylic acids is 2. The minimum absolute atomic E-state index is 0.159. The van der Waals surface area contributed by atoms with E-state index >= 15 is 0 Å². The summed E-state index contributed by atoms with van der Waals surface area (Å²) in [7, 11) is 0. The highest BCUT2D eigenvalue weighted by molar-refractivity contribution is 6.05. The van der Waals surface area contributed by atoms with E-state index in [4.69, 9.17) is 0 Å². The Morgan fingerprint density at radius 1 is 1.06 bits per heavy atom. The summed E-state index contributed by atoms with van der Waals surface area (Å²) >= 11 is 0. The van der Waals surface area contributed by atoms with Gasteiger partial charge in [-0.1, -0.05) is 51.9 Å². The van der Waals surface area contributed by atoms with Crippen molar-refractivity contribution in [1.29, 1.82) is 0 Å². The average Bonchev–Trinajstić information content (AvgIpc) is 2.66. The second-order valence-corrected chi connectivity index (χ2v) is 5.10. The number of hydrogen-bond acceptors (Lipinski definition) is 3. The molecule has 1 unspecified atom stereocenters. The van der Waals surface area contributed by atoms with Crippen LogP contribution in [0.2, 0.25) is 0 Å². The molecule has 1 fully saturated rings. The fourth-order valence-electron chi connectivity index (χ4n) is 2.25. The molecule has 0 radical (unpaired) electrons. The summed E-state index contributed by atoms with van der Waals surface area (Å²) in [5, 5.41) is 5.45. The summed E-state index contributed by atoms with van der Waals surface area (Å²) in [6.07, 6.45) is 10.6. The monoisotopic (exact) mass is 254 g/mol. The van der Waals surface area contributed by atoms with Gasteiger partial charge in [-0.25, -0.2) is 0 Å². The van der Waals surface area contributed by atoms with Crippen LogP contribution in [-0.2, 0) is 9.59 Å². The van der Waals surface area contributed by atoms with E-state index in [-0.39, 0.29) is 17.9 Å². The van der Waals surface area contributed by atoms with Gasteiger partial charge in [0.2, 0.25) is 11.8 Å². The number of rotatable bonds is 10. The first-order chi connectivity index (χ1) is 8.74. The molecule has 1 aliphatic heterocycles. The van der Waals surface area contributed by atoms with Gasteiger partial charge in [-0.2, -0.15) is 0 Å². The van der Waals surface area contributed by atoms with Gasteiger partial charge in [-0.15, -0.1) is 0 Å². The van der Waals surface area contributed by atoms with E-state index in [2.05, 4.69) is 17.6 Å². The number of nitrogens with one attached hydrogen (secondary N) is 2. The van der Waals surface area contributed by atoms with Crippen LogP contribution < -0.4 is 10.6 Å². The molecule has 1 aliphatic rings. The SMILES string of the molecule is CCCCCCCCCCNC1CC(=O)NC1=O. The maximum absolute atomic E-state index is 11.3. The van der Waals surface area contributed by atoms with Gasteiger partial charge in [0.15, 0.2) is 0 Å². The number of hydrogen-bond donors (Lipinski definition) is 2. The molecule has 0 aromatic rings. The van der Waals surface area contributed by atoms with E-state index in [1.807, 2.05) is 0 Å². The molecule has 2 N–H and O–H groups in total. The Hall–Kier alpha value is -0.900. The zero-order chi connectivity index (χ0) is 13.2. The lowest BCUT2D eigenvalue weighted by atomic mass is 10.1. The molecule has 104 valence electrons. The Kier molecular flexibility index (Phi) is 7.65. The van der Waals surface area contributed by atoms with E-state index in [1.54, 1.807) is 0 Å². The summed E-state index contributed by atoms with van der Waals surface area (Å²) in [5.74, 6) is -0.326. The van der Waals surface area contributed by atoms with Crippen molar-refractivity contribution < 1.29 is 9.59 Å². The Bertz CT molecular complexity index is 267. The maximum Gasteiger partial charge on any atom is 0.244 e. The molecule has 0 aromatic carbocycles. The van der Waals surface area contributed by atoms with Crippen LogP contribution in [0.15, 0.2) is 0 Å². The first kappa shape index (κ1) is 15.2. The summed E-state index contributed by atoms with van der Waals surface area (Å²) < 4.78 is 0. The quantitative estimate of drug-likeness (QED) is 0.464. The molecule has 0 spiro atoms. The van der Waals surface area contributed by atoms with Crippen LogP contribution in [0.5, 0.6) is 0 Å². The van der Waals surface area contributed by atoms with Gasteiger partial charge in [0.1, 0.15) is 0 Å². The third-order valence-electron chi connectivity index (χ3n) is 3.39. The molecule has 4 nitrogen and oxygen atoms in total. The van der Waals surface area contributed by atoms with Crippen molar-refractivity contribution >= 4 is 11.8 Å². The molecule has 2 amide bonds. The molecule has 1 saturated heterocycles. The third-order valence-corrected chi connectivity index (χ3v) is 3.39. The summed E-state index contributed by atoms with van der Waals surface area (Å²) in [4.78, 5) is 22.2. The van der Waals surface area contributed by atoms with E-state index < -0.39 is 0 Å². The van der Waals surface area contributed by atoms with Crippen LogP contribution in [0.4, 0.5) is 0 Å². The van der Waals surface area contributed by atoms with Crippen LogP contribution in [0.3, 0.4) is 0 Å². The second-order valence-electron chi connectivity index (χ2n) is 5.10. The largest absolute Gasteiger partial charge is 0.305 e. The Morgan fingerprint density at radius 2 is 1.67 bits per heavy atom. The molecular weight excluding hydrogens is 228 g/mol. The summed E-state index contributed by atoms with van der Waals surface area (Å²) in [6, 6.07) is -0.290. The standard InChI is InChI=1S/C14H26N2O2/c1-2-3-4-5-6-7-8-9-10-15-12-11-13(17)16-14(12)18/h12,15H,2-11H2,1H3,(H,16,17,18). The van der Waals surface area contributed by atoms with Crippen LogP contribution in [0.1, 0.15) is 64.7 Å². The smallest absolute Gasteiger partial charge is 0.244 e.